The fourth-order valence-electron chi connectivity index (χ4n) is 8.51. The molecule has 0 radical (unpaired) electrons. The van der Waals surface area contributed by atoms with Gasteiger partial charge in [0.05, 0.1) is 18.5 Å². The van der Waals surface area contributed by atoms with Crippen LogP contribution in [0.15, 0.2) is 23.6 Å². The summed E-state index contributed by atoms with van der Waals surface area (Å²) in [5.41, 5.74) is 0.725. The van der Waals surface area contributed by atoms with E-state index in [1.54, 1.807) is 39.1 Å². The maximum absolute atomic E-state index is 14.7. The van der Waals surface area contributed by atoms with E-state index in [1.807, 2.05) is 39.6 Å². The molecule has 2 heterocycles. The van der Waals surface area contributed by atoms with Crippen molar-refractivity contribution < 1.29 is 42.6 Å². The van der Waals surface area contributed by atoms with E-state index in [2.05, 4.69) is 34.7 Å². The number of likely N-dealkylation sites (tertiary alicyclic amines) is 1. The van der Waals surface area contributed by atoms with Crippen LogP contribution in [-0.2, 0) is 35.0 Å². The van der Waals surface area contributed by atoms with Crippen molar-refractivity contribution >= 4 is 41.1 Å². The molecule has 14 nitrogen and oxygen atoms in total. The maximum Gasteiger partial charge on any atom is 0.407 e. The number of thiazole rings is 1. The fraction of sp³-hybridized carbons (Fsp3) is 0.708. The van der Waals surface area contributed by atoms with E-state index in [9.17, 15) is 28.4 Å². The molecule has 4 amide bonds. The van der Waals surface area contributed by atoms with Gasteiger partial charge in [-0.15, -0.1) is 11.3 Å². The van der Waals surface area contributed by atoms with Gasteiger partial charge in [-0.05, 0) is 115 Å². The Morgan fingerprint density at radius 1 is 1.05 bits per heavy atom. The Bertz CT molecular complexity index is 1870. The van der Waals surface area contributed by atoms with Gasteiger partial charge in [0.15, 0.2) is 0 Å². The van der Waals surface area contributed by atoms with Gasteiger partial charge in [0.25, 0.3) is 5.91 Å². The van der Waals surface area contributed by atoms with Crippen molar-refractivity contribution in [1.29, 1.82) is 0 Å². The molecule has 0 bridgehead atoms. The van der Waals surface area contributed by atoms with Crippen molar-refractivity contribution in [2.75, 3.05) is 33.3 Å². The molecule has 358 valence electrons. The Hall–Kier alpha value is -4.15. The molecule has 0 spiro atoms. The quantitative estimate of drug-likeness (QED) is 0.106. The number of hydrogen-bond acceptors (Lipinski definition) is 11. The van der Waals surface area contributed by atoms with E-state index in [-0.39, 0.29) is 54.4 Å². The first kappa shape index (κ1) is 52.5. The van der Waals surface area contributed by atoms with E-state index in [1.165, 1.54) is 23.5 Å². The molecule has 64 heavy (non-hydrogen) atoms. The lowest BCUT2D eigenvalue weighted by atomic mass is 9.80. The van der Waals surface area contributed by atoms with E-state index in [0.717, 1.165) is 45.1 Å². The highest BCUT2D eigenvalue weighted by atomic mass is 32.1. The van der Waals surface area contributed by atoms with Crippen LogP contribution >= 0.6 is 11.3 Å². The number of rotatable bonds is 21. The van der Waals surface area contributed by atoms with Crippen LogP contribution in [0.4, 0.5) is 9.18 Å². The number of piperidine rings is 1. The molecule has 1 fully saturated rings. The van der Waals surface area contributed by atoms with Crippen LogP contribution in [0.3, 0.4) is 0 Å². The third kappa shape index (κ3) is 14.9. The van der Waals surface area contributed by atoms with Gasteiger partial charge in [-0.3, -0.25) is 24.1 Å². The summed E-state index contributed by atoms with van der Waals surface area (Å²) in [6, 6.07) is 2.61. The Morgan fingerprint density at radius 3 is 2.42 bits per heavy atom. The minimum Gasteiger partial charge on any atom is -0.460 e. The molecule has 1 aliphatic carbocycles. The van der Waals surface area contributed by atoms with Crippen molar-refractivity contribution in [3.8, 4) is 0 Å². The van der Waals surface area contributed by atoms with Gasteiger partial charge < -0.3 is 35.1 Å². The summed E-state index contributed by atoms with van der Waals surface area (Å²) in [7, 11) is 1.97. The zero-order chi connectivity index (χ0) is 47.3. The van der Waals surface area contributed by atoms with Crippen LogP contribution in [0, 0.1) is 17.7 Å². The summed E-state index contributed by atoms with van der Waals surface area (Å²) < 4.78 is 32.0. The summed E-state index contributed by atoms with van der Waals surface area (Å²) in [5.74, 6) is -2.61. The highest BCUT2D eigenvalue weighted by Crippen LogP contribution is 2.35. The van der Waals surface area contributed by atoms with Gasteiger partial charge in [0.2, 0.25) is 11.8 Å². The molecule has 2 aliphatic rings. The minimum absolute atomic E-state index is 0.0126. The predicted octanol–water partition coefficient (Wildman–Crippen LogP) is 7.70. The largest absolute Gasteiger partial charge is 0.460 e. The Kier molecular flexibility index (Phi) is 20.0. The van der Waals surface area contributed by atoms with Crippen molar-refractivity contribution in [2.45, 2.75) is 175 Å². The number of carbonyl (C=O) groups is 5. The minimum atomic E-state index is -0.866. The van der Waals surface area contributed by atoms with Crippen molar-refractivity contribution in [3.63, 3.8) is 0 Å². The first-order chi connectivity index (χ1) is 30.3. The lowest BCUT2D eigenvalue weighted by Crippen LogP contribution is -2.58. The summed E-state index contributed by atoms with van der Waals surface area (Å²) in [5, 5.41) is 11.2. The molecule has 1 saturated heterocycles. The van der Waals surface area contributed by atoms with Crippen LogP contribution in [0.5, 0.6) is 0 Å². The highest BCUT2D eigenvalue weighted by molar-refractivity contribution is 7.09. The van der Waals surface area contributed by atoms with E-state index in [0.29, 0.717) is 42.1 Å². The van der Waals surface area contributed by atoms with Crippen LogP contribution in [-0.4, -0.2) is 114 Å². The molecule has 1 aromatic carbocycles. The molecule has 16 heteroatoms. The van der Waals surface area contributed by atoms with E-state index >= 15 is 0 Å². The van der Waals surface area contributed by atoms with Crippen molar-refractivity contribution in [1.82, 2.24) is 30.7 Å². The third-order valence-electron chi connectivity index (χ3n) is 12.1. The highest BCUT2D eigenvalue weighted by Gasteiger charge is 2.39. The van der Waals surface area contributed by atoms with Gasteiger partial charge >= 0.3 is 12.1 Å². The number of amides is 4. The molecule has 3 N–H and O–H groups in total. The average molecular weight is 915 g/mol. The predicted molar refractivity (Wildman–Crippen MR) is 247 cm³/mol. The second kappa shape index (κ2) is 24.4. The van der Waals surface area contributed by atoms with Crippen LogP contribution in [0.1, 0.15) is 159 Å². The smallest absolute Gasteiger partial charge is 0.407 e. The summed E-state index contributed by atoms with van der Waals surface area (Å²) in [6.07, 6.45) is 4.13. The van der Waals surface area contributed by atoms with Crippen molar-refractivity contribution in [3.05, 3.63) is 51.2 Å². The third-order valence-corrected chi connectivity index (χ3v) is 13.1. The number of nitrogens with one attached hydrogen (secondary N) is 3. The number of halogens is 1. The van der Waals surface area contributed by atoms with Gasteiger partial charge in [0.1, 0.15) is 40.4 Å². The molecular weight excluding hydrogens is 840 g/mol. The van der Waals surface area contributed by atoms with Gasteiger partial charge in [-0.1, -0.05) is 60.5 Å². The van der Waals surface area contributed by atoms with Gasteiger partial charge in [0, 0.05) is 37.0 Å². The standard InChI is InChI=1S/C48H75FN6O8S/c1-12-20-55(45(58)41(30(6)14-3)53-43(57)38-17-15-16-21-54(38)11)39(29(4)5)26-40(61-22-13-2)44-52-37(28-64-44)42(56)51-34-23-32-18-19-33(49)24-35(32)36(25-34)46(59)62-31(7)27-50-47(60)63-48(8,9)10/h18-19,24,28-31,34,36,38-41H,12-17,20-23,25-27H2,1-11H3,(H,50,60)(H,51,56)(H,53,57)/t30-,31?,34-,36+,38+,39+,40+,41-/m0/s1. The molecule has 2 aromatic rings. The molecule has 1 unspecified atom stereocenters. The number of aromatic nitrogens is 1. The first-order valence-electron chi connectivity index (χ1n) is 23.4. The summed E-state index contributed by atoms with van der Waals surface area (Å²) >= 11 is 1.32. The number of hydrogen-bond donors (Lipinski definition) is 3. The number of ether oxygens (including phenoxy) is 3. The van der Waals surface area contributed by atoms with E-state index in [4.69, 9.17) is 19.2 Å². The summed E-state index contributed by atoms with van der Waals surface area (Å²) in [4.78, 5) is 76.9. The topological polar surface area (TPSA) is 168 Å². The van der Waals surface area contributed by atoms with Crippen LogP contribution in [0.2, 0.25) is 0 Å². The van der Waals surface area contributed by atoms with Crippen molar-refractivity contribution in [2.24, 2.45) is 11.8 Å². The molecule has 1 aliphatic heterocycles. The molecular formula is C48H75FN6O8S. The zero-order valence-corrected chi connectivity index (χ0v) is 40.9. The molecule has 8 atom stereocenters. The molecule has 1 aromatic heterocycles. The lowest BCUT2D eigenvalue weighted by molar-refractivity contribution is -0.150. The van der Waals surface area contributed by atoms with Gasteiger partial charge in [-0.25, -0.2) is 14.2 Å². The maximum atomic E-state index is 14.7. The second-order valence-corrected chi connectivity index (χ2v) is 19.9. The number of likely N-dealkylation sites (N-methyl/N-ethyl adjacent to an activating group) is 1. The Labute approximate surface area is 384 Å². The van der Waals surface area contributed by atoms with Crippen LogP contribution < -0.4 is 16.0 Å². The second-order valence-electron chi connectivity index (χ2n) is 19.0. The van der Waals surface area contributed by atoms with E-state index < -0.39 is 59.6 Å². The SMILES string of the molecule is CCCO[C@H](C[C@H](C(C)C)N(CCC)C(=O)[C@@H](NC(=O)[C@H]1CCCCN1C)[C@@H](C)CC)c1nc(C(=O)N[C@H]2Cc3ccc(F)cc3[C@H](C(=O)OC(C)CNC(=O)OC(C)(C)C)C2)cs1. The molecule has 0 saturated carbocycles. The monoisotopic (exact) mass is 915 g/mol. The van der Waals surface area contributed by atoms with Crippen LogP contribution in [0.25, 0.3) is 0 Å². The number of nitrogens with zero attached hydrogens (tertiary/aromatic N) is 3. The normalized spacial score (nSPS) is 20.2. The summed E-state index contributed by atoms with van der Waals surface area (Å²) in [6.45, 7) is 21.0. The Morgan fingerprint density at radius 2 is 1.78 bits per heavy atom. The fourth-order valence-corrected chi connectivity index (χ4v) is 9.37. The number of alkyl carbamates (subject to hydrolysis) is 1. The molecule has 4 rings (SSSR count). The zero-order valence-electron chi connectivity index (χ0n) is 40.1. The number of esters is 1. The average Bonchev–Trinajstić information content (AvgIpc) is 3.74. The Balaban J connectivity index is 1.51. The number of fused-ring (bicyclic) bond motifs is 1. The number of benzene rings is 1. The first-order valence-corrected chi connectivity index (χ1v) is 24.3. The van der Waals surface area contributed by atoms with Gasteiger partial charge in [-0.2, -0.15) is 0 Å². The number of carbonyl (C=O) groups excluding carboxylic acids is 5. The lowest BCUT2D eigenvalue weighted by Gasteiger charge is -2.40.